The molecule has 118 valence electrons. The third kappa shape index (κ3) is 4.79. The number of aromatic carboxylic acids is 1. The summed E-state index contributed by atoms with van der Waals surface area (Å²) >= 11 is 6.04. The fourth-order valence-corrected chi connectivity index (χ4v) is 2.57. The summed E-state index contributed by atoms with van der Waals surface area (Å²) in [4.78, 5) is 13.5. The molecule has 0 aliphatic rings. The number of nitrogens with two attached hydrogens (primary N) is 1. The maximum Gasteiger partial charge on any atom is 0.339 e. The molecule has 0 aliphatic heterocycles. The molecule has 0 bridgehead atoms. The lowest BCUT2D eigenvalue weighted by atomic mass is 10.2. The van der Waals surface area contributed by atoms with E-state index in [0.717, 1.165) is 0 Å². The van der Waals surface area contributed by atoms with Gasteiger partial charge in [-0.2, -0.15) is 0 Å². The largest absolute Gasteiger partial charge is 0.490 e. The molecule has 0 amide bonds. The van der Waals surface area contributed by atoms with Crippen molar-refractivity contribution >= 4 is 23.3 Å². The lowest BCUT2D eigenvalue weighted by Gasteiger charge is -2.30. The molecule has 1 aromatic rings. The number of ether oxygens (including phenoxy) is 1. The van der Waals surface area contributed by atoms with Crippen LogP contribution in [0.5, 0.6) is 5.75 Å². The smallest absolute Gasteiger partial charge is 0.339 e. The van der Waals surface area contributed by atoms with Gasteiger partial charge in [-0.25, -0.2) is 4.79 Å². The van der Waals surface area contributed by atoms with Crippen LogP contribution in [0.25, 0.3) is 0 Å². The first-order chi connectivity index (χ1) is 9.73. The van der Waals surface area contributed by atoms with Crippen molar-refractivity contribution in [2.45, 2.75) is 39.8 Å². The number of carboxylic acid groups (broad SMARTS) is 1. The van der Waals surface area contributed by atoms with Gasteiger partial charge in [0.05, 0.1) is 5.02 Å². The average Bonchev–Trinajstić information content (AvgIpc) is 2.34. The molecule has 0 fully saturated rings. The van der Waals surface area contributed by atoms with Gasteiger partial charge in [0.15, 0.2) is 5.75 Å². The van der Waals surface area contributed by atoms with Crippen LogP contribution in [0.2, 0.25) is 5.02 Å². The van der Waals surface area contributed by atoms with Crippen molar-refractivity contribution in [3.05, 3.63) is 22.7 Å². The van der Waals surface area contributed by atoms with Crippen molar-refractivity contribution in [1.82, 2.24) is 4.90 Å². The fourth-order valence-electron chi connectivity index (χ4n) is 2.29. The summed E-state index contributed by atoms with van der Waals surface area (Å²) in [7, 11) is 0. The lowest BCUT2D eigenvalue weighted by Crippen LogP contribution is -2.39. The first-order valence-electron chi connectivity index (χ1n) is 6.94. The van der Waals surface area contributed by atoms with Gasteiger partial charge in [-0.15, -0.1) is 0 Å². The summed E-state index contributed by atoms with van der Waals surface area (Å²) in [5.74, 6) is -0.936. The summed E-state index contributed by atoms with van der Waals surface area (Å²) in [5, 5.41) is 9.41. The maximum absolute atomic E-state index is 11.2. The molecule has 21 heavy (non-hydrogen) atoms. The van der Waals surface area contributed by atoms with Crippen molar-refractivity contribution < 1.29 is 14.6 Å². The number of hydrogen-bond donors (Lipinski definition) is 2. The van der Waals surface area contributed by atoms with Crippen molar-refractivity contribution in [3.8, 4) is 5.75 Å². The van der Waals surface area contributed by atoms with Crippen LogP contribution in [0, 0.1) is 0 Å². The quantitative estimate of drug-likeness (QED) is 0.756. The number of halogens is 1. The number of hydrogen-bond acceptors (Lipinski definition) is 4. The summed E-state index contributed by atoms with van der Waals surface area (Å²) in [6, 6.07) is 3.61. The SMILES string of the molecule is CC(C)N(CCOc1c(Cl)cc(N)cc1C(=O)O)C(C)C. The Labute approximate surface area is 130 Å². The van der Waals surface area contributed by atoms with Crippen LogP contribution in [0.15, 0.2) is 12.1 Å². The maximum atomic E-state index is 11.2. The summed E-state index contributed by atoms with van der Waals surface area (Å²) in [6.45, 7) is 9.49. The molecule has 3 N–H and O–H groups in total. The second kappa shape index (κ2) is 7.52. The highest BCUT2D eigenvalue weighted by molar-refractivity contribution is 6.33. The van der Waals surface area contributed by atoms with E-state index in [2.05, 4.69) is 32.6 Å². The van der Waals surface area contributed by atoms with Crippen LogP contribution in [0.4, 0.5) is 5.69 Å². The van der Waals surface area contributed by atoms with E-state index in [1.165, 1.54) is 12.1 Å². The molecule has 0 unspecified atom stereocenters. The number of rotatable bonds is 7. The molecule has 6 heteroatoms. The van der Waals surface area contributed by atoms with Gasteiger partial charge in [-0.1, -0.05) is 11.6 Å². The van der Waals surface area contributed by atoms with Gasteiger partial charge >= 0.3 is 5.97 Å². The van der Waals surface area contributed by atoms with Crippen LogP contribution < -0.4 is 10.5 Å². The molecule has 0 spiro atoms. The van der Waals surface area contributed by atoms with E-state index in [1.54, 1.807) is 0 Å². The first-order valence-corrected chi connectivity index (χ1v) is 7.32. The molecular weight excluding hydrogens is 292 g/mol. The predicted molar refractivity (Wildman–Crippen MR) is 85.3 cm³/mol. The van der Waals surface area contributed by atoms with Crippen LogP contribution >= 0.6 is 11.6 Å². The van der Waals surface area contributed by atoms with Crippen LogP contribution in [0.1, 0.15) is 38.1 Å². The molecule has 0 heterocycles. The number of carbonyl (C=O) groups is 1. The zero-order chi connectivity index (χ0) is 16.2. The monoisotopic (exact) mass is 314 g/mol. The molecule has 5 nitrogen and oxygen atoms in total. The number of nitrogens with zero attached hydrogens (tertiary/aromatic N) is 1. The van der Waals surface area contributed by atoms with Crippen LogP contribution in [0.3, 0.4) is 0 Å². The Morgan fingerprint density at radius 1 is 1.33 bits per heavy atom. The standard InChI is InChI=1S/C15H23ClN2O3/c1-9(2)18(10(3)4)5-6-21-14-12(15(19)20)7-11(17)8-13(14)16/h7-10H,5-6,17H2,1-4H3,(H,19,20). The Balaban J connectivity index is 2.82. The zero-order valence-corrected chi connectivity index (χ0v) is 13.6. The lowest BCUT2D eigenvalue weighted by molar-refractivity contribution is 0.0690. The Hall–Kier alpha value is -1.46. The van der Waals surface area contributed by atoms with Crippen molar-refractivity contribution in [1.29, 1.82) is 0 Å². The Morgan fingerprint density at radius 3 is 2.38 bits per heavy atom. The van der Waals surface area contributed by atoms with E-state index in [-0.39, 0.29) is 16.3 Å². The molecule has 0 radical (unpaired) electrons. The number of nitrogen functional groups attached to an aromatic ring is 1. The molecule has 0 saturated heterocycles. The van der Waals surface area contributed by atoms with Crippen molar-refractivity contribution in [2.75, 3.05) is 18.9 Å². The molecule has 1 rings (SSSR count). The number of carboxylic acids is 1. The topological polar surface area (TPSA) is 75.8 Å². The molecule has 1 aromatic carbocycles. The van der Waals surface area contributed by atoms with Gasteiger partial charge in [0, 0.05) is 24.3 Å². The Kier molecular flexibility index (Phi) is 6.30. The minimum atomic E-state index is -1.11. The van der Waals surface area contributed by atoms with E-state index in [9.17, 15) is 9.90 Å². The minimum absolute atomic E-state index is 0.0133. The van der Waals surface area contributed by atoms with Crippen molar-refractivity contribution in [2.24, 2.45) is 0 Å². The van der Waals surface area contributed by atoms with Gasteiger partial charge in [0.25, 0.3) is 0 Å². The minimum Gasteiger partial charge on any atom is -0.490 e. The third-order valence-corrected chi connectivity index (χ3v) is 3.50. The average molecular weight is 315 g/mol. The Morgan fingerprint density at radius 2 is 1.90 bits per heavy atom. The molecule has 0 atom stereocenters. The highest BCUT2D eigenvalue weighted by Gasteiger charge is 2.18. The van der Waals surface area contributed by atoms with E-state index in [1.807, 2.05) is 0 Å². The summed E-state index contributed by atoms with van der Waals surface area (Å²) in [5.41, 5.74) is 5.90. The number of benzene rings is 1. The zero-order valence-electron chi connectivity index (χ0n) is 12.9. The molecule has 0 aliphatic carbocycles. The van der Waals surface area contributed by atoms with Gasteiger partial charge in [-0.3, -0.25) is 4.90 Å². The van der Waals surface area contributed by atoms with Gasteiger partial charge in [0.2, 0.25) is 0 Å². The normalized spacial score (nSPS) is 11.4. The van der Waals surface area contributed by atoms with Gasteiger partial charge < -0.3 is 15.6 Å². The molecular formula is C15H23ClN2O3. The fraction of sp³-hybridized carbons (Fsp3) is 0.533. The van der Waals surface area contributed by atoms with E-state index < -0.39 is 5.97 Å². The van der Waals surface area contributed by atoms with Gasteiger partial charge in [0.1, 0.15) is 12.2 Å². The van der Waals surface area contributed by atoms with Crippen molar-refractivity contribution in [3.63, 3.8) is 0 Å². The highest BCUT2D eigenvalue weighted by Crippen LogP contribution is 2.31. The van der Waals surface area contributed by atoms with E-state index in [4.69, 9.17) is 22.1 Å². The first kappa shape index (κ1) is 17.6. The van der Waals surface area contributed by atoms with Crippen LogP contribution in [-0.4, -0.2) is 41.2 Å². The van der Waals surface area contributed by atoms with E-state index >= 15 is 0 Å². The van der Waals surface area contributed by atoms with E-state index in [0.29, 0.717) is 30.9 Å². The Bertz CT molecular complexity index is 496. The summed E-state index contributed by atoms with van der Waals surface area (Å²) in [6.07, 6.45) is 0. The summed E-state index contributed by atoms with van der Waals surface area (Å²) < 4.78 is 5.61. The number of anilines is 1. The molecule has 0 saturated carbocycles. The second-order valence-corrected chi connectivity index (χ2v) is 5.87. The predicted octanol–water partition coefficient (Wildman–Crippen LogP) is 3.12. The third-order valence-electron chi connectivity index (χ3n) is 3.22. The molecule has 0 aromatic heterocycles. The highest BCUT2D eigenvalue weighted by atomic mass is 35.5. The van der Waals surface area contributed by atoms with Gasteiger partial charge in [-0.05, 0) is 39.8 Å². The second-order valence-electron chi connectivity index (χ2n) is 5.46. The van der Waals surface area contributed by atoms with Crippen LogP contribution in [-0.2, 0) is 0 Å².